The molecule has 0 atom stereocenters. The fourth-order valence-corrected chi connectivity index (χ4v) is 3.80. The second-order valence-corrected chi connectivity index (χ2v) is 7.91. The average molecular weight is 498 g/mol. The van der Waals surface area contributed by atoms with Crippen molar-refractivity contribution in [3.05, 3.63) is 77.9 Å². The van der Waals surface area contributed by atoms with Gasteiger partial charge < -0.3 is 29.3 Å². The van der Waals surface area contributed by atoms with Crippen molar-refractivity contribution >= 4 is 11.7 Å². The van der Waals surface area contributed by atoms with E-state index in [1.54, 1.807) is 18.2 Å². The molecule has 0 radical (unpaired) electrons. The van der Waals surface area contributed by atoms with Gasteiger partial charge in [-0.25, -0.2) is 0 Å². The van der Waals surface area contributed by atoms with Crippen LogP contribution in [0.25, 0.3) is 0 Å². The van der Waals surface area contributed by atoms with Gasteiger partial charge in [0.2, 0.25) is 5.91 Å². The van der Waals surface area contributed by atoms with Crippen LogP contribution in [-0.2, 0) is 22.4 Å². The Morgan fingerprint density at radius 1 is 1.00 bits per heavy atom. The van der Waals surface area contributed by atoms with Crippen LogP contribution in [0, 0.1) is 0 Å². The summed E-state index contributed by atoms with van der Waals surface area (Å²) in [6.45, 7) is 10.2. The number of ether oxygens (including phenoxy) is 3. The van der Waals surface area contributed by atoms with E-state index in [0.717, 1.165) is 0 Å². The van der Waals surface area contributed by atoms with Gasteiger partial charge in [0.25, 0.3) is 0 Å². The normalized spacial score (nSPS) is 10.5. The maximum Gasteiger partial charge on any atom is 0.227 e. The number of phenolic OH excluding ortho intramolecular Hbond substituents is 1. The second-order valence-electron chi connectivity index (χ2n) is 7.91. The smallest absolute Gasteiger partial charge is 0.227 e. The third-order valence-electron chi connectivity index (χ3n) is 5.51. The van der Waals surface area contributed by atoms with Crippen LogP contribution < -0.4 is 9.47 Å². The van der Waals surface area contributed by atoms with Crippen LogP contribution in [0.3, 0.4) is 0 Å². The Hall–Kier alpha value is -3.62. The first-order valence-corrected chi connectivity index (χ1v) is 11.8. The van der Waals surface area contributed by atoms with E-state index in [1.165, 1.54) is 36.3 Å². The molecule has 2 rings (SSSR count). The van der Waals surface area contributed by atoms with Gasteiger partial charge in [-0.1, -0.05) is 32.2 Å². The van der Waals surface area contributed by atoms with Crippen molar-refractivity contribution in [1.29, 1.82) is 0 Å². The molecular formula is C28H35NO7. The molecule has 8 nitrogen and oxygen atoms in total. The lowest BCUT2D eigenvalue weighted by Gasteiger charge is -2.25. The first kappa shape index (κ1) is 28.6. The van der Waals surface area contributed by atoms with Crippen LogP contribution in [0.15, 0.2) is 55.6 Å². The fourth-order valence-electron chi connectivity index (χ4n) is 3.80. The van der Waals surface area contributed by atoms with Crippen LogP contribution >= 0.6 is 0 Å². The van der Waals surface area contributed by atoms with E-state index >= 15 is 0 Å². The quantitative estimate of drug-likeness (QED) is 0.271. The number of hydrogen-bond donors (Lipinski definition) is 2. The maximum atomic E-state index is 13.8. The van der Waals surface area contributed by atoms with E-state index in [0.29, 0.717) is 42.0 Å². The highest BCUT2D eigenvalue weighted by molar-refractivity contribution is 6.12. The summed E-state index contributed by atoms with van der Waals surface area (Å²) in [6.07, 6.45) is 3.55. The molecule has 0 saturated carbocycles. The molecule has 0 unspecified atom stereocenters. The minimum Gasteiger partial charge on any atom is -0.508 e. The van der Waals surface area contributed by atoms with Gasteiger partial charge in [-0.15, -0.1) is 0 Å². The lowest BCUT2D eigenvalue weighted by molar-refractivity contribution is -0.131. The minimum absolute atomic E-state index is 0.0327. The van der Waals surface area contributed by atoms with Crippen LogP contribution in [0.4, 0.5) is 0 Å². The zero-order valence-corrected chi connectivity index (χ0v) is 21.0. The van der Waals surface area contributed by atoms with Crippen molar-refractivity contribution in [2.45, 2.75) is 19.8 Å². The molecule has 0 aliphatic rings. The number of nitrogens with zero attached hydrogens (tertiary/aromatic N) is 1. The highest BCUT2D eigenvalue weighted by atomic mass is 16.5. The molecule has 2 aromatic rings. The van der Waals surface area contributed by atoms with E-state index in [2.05, 4.69) is 13.2 Å². The van der Waals surface area contributed by atoms with Crippen molar-refractivity contribution in [3.63, 3.8) is 0 Å². The molecule has 0 spiro atoms. The lowest BCUT2D eigenvalue weighted by Crippen LogP contribution is -2.37. The number of methoxy groups -OCH3 is 1. The molecule has 194 valence electrons. The molecule has 0 heterocycles. The second kappa shape index (κ2) is 14.7. The van der Waals surface area contributed by atoms with E-state index in [1.807, 2.05) is 6.92 Å². The third-order valence-corrected chi connectivity index (χ3v) is 5.51. The van der Waals surface area contributed by atoms with Crippen molar-refractivity contribution < 1.29 is 34.0 Å². The summed E-state index contributed by atoms with van der Waals surface area (Å²) >= 11 is 0. The highest BCUT2D eigenvalue weighted by Crippen LogP contribution is 2.37. The van der Waals surface area contributed by atoms with E-state index in [-0.39, 0.29) is 61.5 Å². The Morgan fingerprint density at radius 3 is 2.19 bits per heavy atom. The van der Waals surface area contributed by atoms with Crippen molar-refractivity contribution in [2.24, 2.45) is 0 Å². The number of hydrogen-bond acceptors (Lipinski definition) is 7. The summed E-state index contributed by atoms with van der Waals surface area (Å²) in [6, 6.07) is 7.55. The van der Waals surface area contributed by atoms with Crippen LogP contribution in [0.1, 0.15) is 34.0 Å². The van der Waals surface area contributed by atoms with Gasteiger partial charge in [0.1, 0.15) is 30.5 Å². The first-order chi connectivity index (χ1) is 17.4. The monoisotopic (exact) mass is 497 g/mol. The number of aliphatic hydroxyl groups is 1. The molecule has 0 aliphatic heterocycles. The fraction of sp³-hybridized carbons (Fsp3) is 0.357. The van der Waals surface area contributed by atoms with Gasteiger partial charge in [0.15, 0.2) is 5.78 Å². The SMILES string of the molecule is C=CCOc1cc(OCC=C)c(C(=O)c2ccc(O)cc2)c(CC(=O)N(CCO)CCOC)c1CC. The minimum atomic E-state index is -0.354. The van der Waals surface area contributed by atoms with E-state index < -0.39 is 0 Å². The summed E-state index contributed by atoms with van der Waals surface area (Å²) in [7, 11) is 1.54. The standard InChI is InChI=1S/C28H35NO7/c1-5-15-35-24-19-25(36-16-6-2)27(28(33)20-8-10-21(31)11-9-20)23(22(24)7-3)18-26(32)29(12-14-30)13-17-34-4/h5-6,8-11,19,30-31H,1-2,7,12-18H2,3-4H3. The largest absolute Gasteiger partial charge is 0.508 e. The molecule has 1 amide bonds. The lowest BCUT2D eigenvalue weighted by atomic mass is 9.89. The summed E-state index contributed by atoms with van der Waals surface area (Å²) in [4.78, 5) is 28.7. The Kier molecular flexibility index (Phi) is 11.7. The number of aliphatic hydroxyl groups excluding tert-OH is 1. The number of aromatic hydroxyl groups is 1. The summed E-state index contributed by atoms with van der Waals surface area (Å²) in [5, 5.41) is 19.2. The van der Waals surface area contributed by atoms with Gasteiger partial charge in [0.05, 0.1) is 25.2 Å². The van der Waals surface area contributed by atoms with Crippen molar-refractivity contribution in [3.8, 4) is 17.2 Å². The number of phenols is 1. The van der Waals surface area contributed by atoms with Gasteiger partial charge in [-0.05, 0) is 41.8 Å². The first-order valence-electron chi connectivity index (χ1n) is 11.8. The number of benzene rings is 2. The molecule has 2 N–H and O–H groups in total. The number of carbonyl (C=O) groups is 2. The average Bonchev–Trinajstić information content (AvgIpc) is 2.88. The Bertz CT molecular complexity index is 1050. The van der Waals surface area contributed by atoms with Gasteiger partial charge in [0, 0.05) is 31.8 Å². The zero-order chi connectivity index (χ0) is 26.5. The Balaban J connectivity index is 2.73. The maximum absolute atomic E-state index is 13.8. The topological polar surface area (TPSA) is 106 Å². The third kappa shape index (κ3) is 7.44. The van der Waals surface area contributed by atoms with E-state index in [9.17, 15) is 19.8 Å². The van der Waals surface area contributed by atoms with Gasteiger partial charge >= 0.3 is 0 Å². The highest BCUT2D eigenvalue weighted by Gasteiger charge is 2.28. The van der Waals surface area contributed by atoms with Gasteiger partial charge in [-0.3, -0.25) is 9.59 Å². The molecule has 8 heteroatoms. The van der Waals surface area contributed by atoms with Crippen molar-refractivity contribution in [2.75, 3.05) is 46.6 Å². The van der Waals surface area contributed by atoms with Crippen LogP contribution in [0.5, 0.6) is 17.2 Å². The molecule has 2 aromatic carbocycles. The molecule has 0 saturated heterocycles. The predicted octanol–water partition coefficient (Wildman–Crippen LogP) is 3.33. The number of ketones is 1. The molecule has 36 heavy (non-hydrogen) atoms. The van der Waals surface area contributed by atoms with Crippen molar-refractivity contribution in [1.82, 2.24) is 4.90 Å². The summed E-state index contributed by atoms with van der Waals surface area (Å²) in [5.41, 5.74) is 1.77. The van der Waals surface area contributed by atoms with Crippen LogP contribution in [-0.4, -0.2) is 73.4 Å². The molecule has 0 bridgehead atoms. The molecule has 0 aliphatic carbocycles. The summed E-state index contributed by atoms with van der Waals surface area (Å²) < 4.78 is 16.9. The zero-order valence-electron chi connectivity index (χ0n) is 21.0. The van der Waals surface area contributed by atoms with Gasteiger partial charge in [-0.2, -0.15) is 0 Å². The molecule has 0 aromatic heterocycles. The molecule has 0 fully saturated rings. The Morgan fingerprint density at radius 2 is 1.64 bits per heavy atom. The summed E-state index contributed by atoms with van der Waals surface area (Å²) in [5.74, 6) is 0.161. The number of carbonyl (C=O) groups excluding carboxylic acids is 2. The Labute approximate surface area is 212 Å². The predicted molar refractivity (Wildman–Crippen MR) is 138 cm³/mol. The molecular weight excluding hydrogens is 462 g/mol. The number of amides is 1. The van der Waals surface area contributed by atoms with Crippen LogP contribution in [0.2, 0.25) is 0 Å². The van der Waals surface area contributed by atoms with E-state index in [4.69, 9.17) is 14.2 Å². The number of rotatable bonds is 16.